The highest BCUT2D eigenvalue weighted by atomic mass is 16.3. The van der Waals surface area contributed by atoms with Crippen LogP contribution in [0.15, 0.2) is 22.8 Å². The number of hydrogen-bond acceptors (Lipinski definition) is 4. The second kappa shape index (κ2) is 3.25. The maximum Gasteiger partial charge on any atom is 0.195 e. The average Bonchev–Trinajstić information content (AvgIpc) is 3.12. The molecule has 3 rings (SSSR count). The number of allylic oxidation sites excluding steroid dienone is 1. The Morgan fingerprint density at radius 2 is 1.79 bits per heavy atom. The number of carbonyl (C=O) groups is 2. The Hall–Kier alpha value is -1.26. The van der Waals surface area contributed by atoms with Crippen molar-refractivity contribution < 1.29 is 19.8 Å². The van der Waals surface area contributed by atoms with Crippen LogP contribution in [0.2, 0.25) is 0 Å². The van der Waals surface area contributed by atoms with E-state index < -0.39 is 16.4 Å². The Kier molecular flexibility index (Phi) is 2.18. The van der Waals surface area contributed by atoms with Crippen LogP contribution in [-0.4, -0.2) is 34.0 Å². The summed E-state index contributed by atoms with van der Waals surface area (Å²) < 4.78 is 0. The molecule has 0 radical (unpaired) electrons. The highest BCUT2D eigenvalue weighted by Crippen LogP contribution is 2.64. The number of carbonyl (C=O) groups excluding carboxylic acids is 2. The lowest BCUT2D eigenvalue weighted by molar-refractivity contribution is -0.138. The van der Waals surface area contributed by atoms with Crippen molar-refractivity contribution in [2.24, 2.45) is 10.8 Å². The van der Waals surface area contributed by atoms with Crippen LogP contribution >= 0.6 is 0 Å². The zero-order valence-electron chi connectivity index (χ0n) is 11.4. The predicted octanol–water partition coefficient (Wildman–Crippen LogP) is 0.924. The molecule has 0 heterocycles. The summed E-state index contributed by atoms with van der Waals surface area (Å²) in [5, 5.41) is 20.0. The standard InChI is InChI=1S/C15H18O4/c1-8-10-9(6-13(2,7-16)12(10)18)11(17)14(3,19)15(8)4-5-15/h6,16,19H,4-5,7H2,1-3H3/t13?,14-/m0/s1. The monoisotopic (exact) mass is 262 g/mol. The van der Waals surface area contributed by atoms with E-state index >= 15 is 0 Å². The first kappa shape index (κ1) is 12.8. The van der Waals surface area contributed by atoms with Gasteiger partial charge in [-0.1, -0.05) is 11.6 Å². The van der Waals surface area contributed by atoms with Gasteiger partial charge in [-0.2, -0.15) is 0 Å². The molecule has 0 aliphatic heterocycles. The Morgan fingerprint density at radius 1 is 1.21 bits per heavy atom. The average molecular weight is 262 g/mol. The Morgan fingerprint density at radius 3 is 2.26 bits per heavy atom. The van der Waals surface area contributed by atoms with Crippen LogP contribution in [0.3, 0.4) is 0 Å². The van der Waals surface area contributed by atoms with Gasteiger partial charge < -0.3 is 10.2 Å². The van der Waals surface area contributed by atoms with Crippen LogP contribution in [0.1, 0.15) is 33.6 Å². The van der Waals surface area contributed by atoms with Gasteiger partial charge in [-0.15, -0.1) is 0 Å². The third-order valence-corrected chi connectivity index (χ3v) is 5.27. The van der Waals surface area contributed by atoms with E-state index in [-0.39, 0.29) is 18.2 Å². The second-order valence-corrected chi connectivity index (χ2v) is 6.45. The Balaban J connectivity index is 2.28. The van der Waals surface area contributed by atoms with Crippen molar-refractivity contribution in [1.82, 2.24) is 0 Å². The van der Waals surface area contributed by atoms with Gasteiger partial charge in [0.15, 0.2) is 11.6 Å². The van der Waals surface area contributed by atoms with Gasteiger partial charge in [-0.3, -0.25) is 9.59 Å². The first-order chi connectivity index (χ1) is 8.71. The fourth-order valence-corrected chi connectivity index (χ4v) is 3.60. The van der Waals surface area contributed by atoms with E-state index in [9.17, 15) is 19.8 Å². The minimum absolute atomic E-state index is 0.197. The van der Waals surface area contributed by atoms with Gasteiger partial charge in [0.2, 0.25) is 0 Å². The lowest BCUT2D eigenvalue weighted by atomic mass is 9.68. The van der Waals surface area contributed by atoms with Crippen LogP contribution in [0, 0.1) is 10.8 Å². The summed E-state index contributed by atoms with van der Waals surface area (Å²) in [6.45, 7) is 4.68. The van der Waals surface area contributed by atoms with E-state index in [1.165, 1.54) is 6.08 Å². The molecule has 1 spiro atoms. The molecule has 2 atom stereocenters. The van der Waals surface area contributed by atoms with Crippen molar-refractivity contribution in [2.75, 3.05) is 6.61 Å². The quantitative estimate of drug-likeness (QED) is 0.737. The molecule has 102 valence electrons. The first-order valence-electron chi connectivity index (χ1n) is 6.59. The van der Waals surface area contributed by atoms with Crippen molar-refractivity contribution in [2.45, 2.75) is 39.2 Å². The number of aliphatic hydroxyl groups excluding tert-OH is 1. The third-order valence-electron chi connectivity index (χ3n) is 5.27. The maximum absolute atomic E-state index is 12.5. The molecule has 3 aliphatic rings. The van der Waals surface area contributed by atoms with Gasteiger partial charge in [0.1, 0.15) is 5.60 Å². The van der Waals surface area contributed by atoms with Gasteiger partial charge in [-0.25, -0.2) is 0 Å². The van der Waals surface area contributed by atoms with Crippen LogP contribution in [0.5, 0.6) is 0 Å². The van der Waals surface area contributed by atoms with Crippen molar-refractivity contribution >= 4 is 11.6 Å². The lowest BCUT2D eigenvalue weighted by Gasteiger charge is -2.38. The first-order valence-corrected chi connectivity index (χ1v) is 6.59. The summed E-state index contributed by atoms with van der Waals surface area (Å²) in [6, 6.07) is 0. The van der Waals surface area contributed by atoms with Crippen LogP contribution in [0.25, 0.3) is 0 Å². The van der Waals surface area contributed by atoms with Gasteiger partial charge in [-0.05, 0) is 33.6 Å². The molecule has 4 heteroatoms. The van der Waals surface area contributed by atoms with Crippen LogP contribution in [0.4, 0.5) is 0 Å². The number of ketones is 2. The zero-order valence-corrected chi connectivity index (χ0v) is 11.4. The molecule has 2 N–H and O–H groups in total. The smallest absolute Gasteiger partial charge is 0.195 e. The Bertz CT molecular complexity index is 575. The summed E-state index contributed by atoms with van der Waals surface area (Å²) in [5.74, 6) is -0.575. The molecule has 19 heavy (non-hydrogen) atoms. The highest BCUT2D eigenvalue weighted by Gasteiger charge is 2.66. The van der Waals surface area contributed by atoms with Crippen molar-refractivity contribution in [3.8, 4) is 0 Å². The molecule has 3 aliphatic carbocycles. The normalized spacial score (nSPS) is 39.7. The van der Waals surface area contributed by atoms with Gasteiger partial charge >= 0.3 is 0 Å². The number of aliphatic hydroxyl groups is 2. The second-order valence-electron chi connectivity index (χ2n) is 6.45. The zero-order chi connectivity index (χ0) is 14.2. The summed E-state index contributed by atoms with van der Waals surface area (Å²) >= 11 is 0. The summed E-state index contributed by atoms with van der Waals surface area (Å²) in [7, 11) is 0. The minimum Gasteiger partial charge on any atom is -0.395 e. The number of hydrogen-bond donors (Lipinski definition) is 2. The summed E-state index contributed by atoms with van der Waals surface area (Å²) in [4.78, 5) is 25.0. The van der Waals surface area contributed by atoms with Gasteiger partial charge in [0.25, 0.3) is 0 Å². The largest absolute Gasteiger partial charge is 0.395 e. The SMILES string of the molecule is CC1=C2C(=O)C(C)(CO)C=C2C(=O)[C@](C)(O)C12CC2. The number of fused-ring (bicyclic) bond motifs is 1. The molecule has 1 fully saturated rings. The topological polar surface area (TPSA) is 74.6 Å². The van der Waals surface area contributed by atoms with E-state index in [4.69, 9.17) is 0 Å². The fourth-order valence-electron chi connectivity index (χ4n) is 3.60. The third kappa shape index (κ3) is 1.21. The van der Waals surface area contributed by atoms with E-state index in [2.05, 4.69) is 0 Å². The molecular weight excluding hydrogens is 244 g/mol. The van der Waals surface area contributed by atoms with E-state index in [1.807, 2.05) is 6.92 Å². The molecule has 0 bridgehead atoms. The van der Waals surface area contributed by atoms with Crippen molar-refractivity contribution in [3.63, 3.8) is 0 Å². The van der Waals surface area contributed by atoms with Crippen LogP contribution < -0.4 is 0 Å². The molecule has 0 aromatic heterocycles. The predicted molar refractivity (Wildman–Crippen MR) is 68.3 cm³/mol. The van der Waals surface area contributed by atoms with Crippen molar-refractivity contribution in [1.29, 1.82) is 0 Å². The molecule has 1 unspecified atom stereocenters. The molecule has 4 nitrogen and oxygen atoms in total. The molecular formula is C15H18O4. The van der Waals surface area contributed by atoms with Gasteiger partial charge in [0, 0.05) is 16.6 Å². The van der Waals surface area contributed by atoms with E-state index in [1.54, 1.807) is 13.8 Å². The number of Topliss-reactive ketones (excluding diaryl/α,β-unsaturated/α-hetero) is 2. The summed E-state index contributed by atoms with van der Waals surface area (Å²) in [6.07, 6.45) is 3.00. The molecule has 0 saturated heterocycles. The summed E-state index contributed by atoms with van der Waals surface area (Å²) in [5.41, 5.74) is -1.49. The van der Waals surface area contributed by atoms with Crippen molar-refractivity contribution in [3.05, 3.63) is 22.8 Å². The highest BCUT2D eigenvalue weighted by molar-refractivity contribution is 6.23. The van der Waals surface area contributed by atoms with E-state index in [0.717, 1.165) is 18.4 Å². The minimum atomic E-state index is -1.44. The molecule has 1 saturated carbocycles. The molecule has 0 aromatic carbocycles. The van der Waals surface area contributed by atoms with Gasteiger partial charge in [0.05, 0.1) is 12.0 Å². The maximum atomic E-state index is 12.5. The molecule has 0 amide bonds. The lowest BCUT2D eigenvalue weighted by Crippen LogP contribution is -2.49. The number of rotatable bonds is 1. The Labute approximate surface area is 111 Å². The van der Waals surface area contributed by atoms with E-state index in [0.29, 0.717) is 11.1 Å². The van der Waals surface area contributed by atoms with Crippen LogP contribution in [-0.2, 0) is 9.59 Å². The molecule has 0 aromatic rings. The fraction of sp³-hybridized carbons (Fsp3) is 0.600.